The van der Waals surface area contributed by atoms with Crippen LogP contribution in [0.1, 0.15) is 42.1 Å². The first kappa shape index (κ1) is 27.6. The Morgan fingerprint density at radius 3 is 2.15 bits per heavy atom. The topological polar surface area (TPSA) is 79.3 Å². The molecular formula is C32H37N5O2. The number of nitrogens with one attached hydrogen (secondary N) is 2. The number of benzene rings is 3. The summed E-state index contributed by atoms with van der Waals surface area (Å²) in [4.78, 5) is 28.5. The molecule has 0 aliphatic heterocycles. The number of hydrogen-bond acceptors (Lipinski definition) is 3. The normalized spacial score (nSPS) is 10.8. The third-order valence-corrected chi connectivity index (χ3v) is 6.78. The molecule has 0 saturated heterocycles. The third-order valence-electron chi connectivity index (χ3n) is 6.78. The van der Waals surface area contributed by atoms with E-state index in [0.29, 0.717) is 12.4 Å². The highest BCUT2D eigenvalue weighted by atomic mass is 16.2. The monoisotopic (exact) mass is 523 g/mol. The summed E-state index contributed by atoms with van der Waals surface area (Å²) in [6.45, 7) is 10.4. The van der Waals surface area contributed by atoms with Gasteiger partial charge in [0.2, 0.25) is 5.91 Å². The van der Waals surface area contributed by atoms with E-state index < -0.39 is 0 Å². The molecule has 4 rings (SSSR count). The number of anilines is 2. The minimum atomic E-state index is -0.289. The van der Waals surface area contributed by atoms with E-state index in [0.717, 1.165) is 57.7 Å². The Labute approximate surface area is 230 Å². The third kappa shape index (κ3) is 6.55. The van der Waals surface area contributed by atoms with Crippen molar-refractivity contribution in [3.63, 3.8) is 0 Å². The largest absolute Gasteiger partial charge is 0.322 e. The summed E-state index contributed by atoms with van der Waals surface area (Å²) < 4.78 is 1.77. The zero-order valence-corrected chi connectivity index (χ0v) is 23.4. The maximum absolute atomic E-state index is 13.5. The van der Waals surface area contributed by atoms with Crippen LogP contribution in [0.4, 0.5) is 16.3 Å². The number of aryl methyl sites for hydroxylation is 4. The van der Waals surface area contributed by atoms with Crippen molar-refractivity contribution in [2.24, 2.45) is 0 Å². The summed E-state index contributed by atoms with van der Waals surface area (Å²) in [5, 5.41) is 10.9. The summed E-state index contributed by atoms with van der Waals surface area (Å²) in [6.07, 6.45) is 1.70. The van der Waals surface area contributed by atoms with Gasteiger partial charge in [-0.15, -0.1) is 0 Å². The fourth-order valence-electron chi connectivity index (χ4n) is 4.61. The van der Waals surface area contributed by atoms with E-state index in [4.69, 9.17) is 5.10 Å². The molecule has 0 aliphatic rings. The molecule has 39 heavy (non-hydrogen) atoms. The van der Waals surface area contributed by atoms with Crippen molar-refractivity contribution in [1.29, 1.82) is 0 Å². The zero-order valence-electron chi connectivity index (χ0n) is 23.4. The van der Waals surface area contributed by atoms with Crippen LogP contribution in [-0.2, 0) is 4.79 Å². The molecular weight excluding hydrogens is 486 g/mol. The molecule has 202 valence electrons. The van der Waals surface area contributed by atoms with E-state index in [1.807, 2.05) is 100 Å². The number of nitrogens with zero attached hydrogens (tertiary/aromatic N) is 3. The molecule has 0 saturated carbocycles. The Hall–Kier alpha value is -4.39. The van der Waals surface area contributed by atoms with Gasteiger partial charge < -0.3 is 15.5 Å². The highest BCUT2D eigenvalue weighted by Gasteiger charge is 2.23. The average Bonchev–Trinajstić information content (AvgIpc) is 3.24. The van der Waals surface area contributed by atoms with Gasteiger partial charge in [-0.05, 0) is 62.9 Å². The van der Waals surface area contributed by atoms with Crippen molar-refractivity contribution in [2.45, 2.75) is 47.5 Å². The number of carbonyl (C=O) groups is 2. The lowest BCUT2D eigenvalue weighted by atomic mass is 10.1. The Morgan fingerprint density at radius 2 is 1.51 bits per heavy atom. The smallest absolute Gasteiger partial charge is 0.315 e. The van der Waals surface area contributed by atoms with Gasteiger partial charge in [-0.1, -0.05) is 79.6 Å². The fourth-order valence-corrected chi connectivity index (χ4v) is 4.61. The molecule has 7 nitrogen and oxygen atoms in total. The minimum absolute atomic E-state index is 0.0802. The molecule has 1 heterocycles. The lowest BCUT2D eigenvalue weighted by Gasteiger charge is -2.24. The van der Waals surface area contributed by atoms with E-state index in [-0.39, 0.29) is 18.5 Å². The molecule has 1 aromatic heterocycles. The summed E-state index contributed by atoms with van der Waals surface area (Å²) >= 11 is 0. The van der Waals surface area contributed by atoms with Crippen molar-refractivity contribution in [2.75, 3.05) is 23.7 Å². The average molecular weight is 524 g/mol. The highest BCUT2D eigenvalue weighted by Crippen LogP contribution is 2.33. The first-order valence-corrected chi connectivity index (χ1v) is 13.4. The van der Waals surface area contributed by atoms with Crippen molar-refractivity contribution in [1.82, 2.24) is 14.7 Å². The molecule has 3 aromatic carbocycles. The number of aromatic nitrogens is 2. The van der Waals surface area contributed by atoms with Gasteiger partial charge in [0.1, 0.15) is 12.4 Å². The van der Waals surface area contributed by atoms with E-state index >= 15 is 0 Å². The van der Waals surface area contributed by atoms with Crippen molar-refractivity contribution in [3.8, 4) is 16.8 Å². The predicted octanol–water partition coefficient (Wildman–Crippen LogP) is 7.05. The molecule has 0 unspecified atom stereocenters. The van der Waals surface area contributed by atoms with Gasteiger partial charge in [0.25, 0.3) is 0 Å². The Morgan fingerprint density at radius 1 is 0.846 bits per heavy atom. The molecule has 0 fully saturated rings. The Kier molecular flexibility index (Phi) is 8.81. The van der Waals surface area contributed by atoms with Gasteiger partial charge in [-0.3, -0.25) is 4.79 Å². The lowest BCUT2D eigenvalue weighted by molar-refractivity contribution is -0.116. The number of hydrogen-bond donors (Lipinski definition) is 2. The minimum Gasteiger partial charge on any atom is -0.315 e. The van der Waals surface area contributed by atoms with E-state index in [2.05, 4.69) is 17.6 Å². The van der Waals surface area contributed by atoms with Gasteiger partial charge in [-0.2, -0.15) is 5.10 Å². The SMILES string of the molecule is CCCCN(CC(=O)Nc1c(-c2ccccc2)c(C)nn1-c1ccc(C)cc1)C(=O)Nc1c(C)cccc1C. The maximum atomic E-state index is 13.5. The fraction of sp³-hybridized carbons (Fsp3) is 0.281. The summed E-state index contributed by atoms with van der Waals surface area (Å²) in [7, 11) is 0. The van der Waals surface area contributed by atoms with Crippen LogP contribution >= 0.6 is 0 Å². The van der Waals surface area contributed by atoms with Crippen LogP contribution in [0.15, 0.2) is 72.8 Å². The number of rotatable bonds is 9. The van der Waals surface area contributed by atoms with Gasteiger partial charge in [0.05, 0.1) is 11.4 Å². The number of amides is 3. The molecule has 4 aromatic rings. The molecule has 3 amide bonds. The summed E-state index contributed by atoms with van der Waals surface area (Å²) in [5.74, 6) is 0.298. The standard InChI is InChI=1S/C32H37N5O2/c1-6-7-20-36(32(39)34-30-23(3)12-11-13-24(30)4)21-28(38)33-31-29(26-14-9-8-10-15-26)25(5)35-37(31)27-18-16-22(2)17-19-27/h8-19H,6-7,20-21H2,1-5H3,(H,33,38)(H,34,39). The maximum Gasteiger partial charge on any atom is 0.322 e. The van der Waals surface area contributed by atoms with Crippen LogP contribution < -0.4 is 10.6 Å². The number of urea groups is 1. The Balaban J connectivity index is 1.64. The van der Waals surface area contributed by atoms with E-state index in [1.54, 1.807) is 9.58 Å². The first-order chi connectivity index (χ1) is 18.8. The molecule has 0 spiro atoms. The zero-order chi connectivity index (χ0) is 27.9. The van der Waals surface area contributed by atoms with E-state index in [9.17, 15) is 9.59 Å². The summed E-state index contributed by atoms with van der Waals surface area (Å²) in [6, 6.07) is 23.5. The second-order valence-corrected chi connectivity index (χ2v) is 9.94. The van der Waals surface area contributed by atoms with Crippen LogP contribution in [0.5, 0.6) is 0 Å². The number of carbonyl (C=O) groups excluding carboxylic acids is 2. The molecule has 7 heteroatoms. The van der Waals surface area contributed by atoms with Crippen molar-refractivity contribution >= 4 is 23.4 Å². The molecule has 2 N–H and O–H groups in total. The van der Waals surface area contributed by atoms with Gasteiger partial charge in [0, 0.05) is 17.8 Å². The first-order valence-electron chi connectivity index (χ1n) is 13.4. The van der Waals surface area contributed by atoms with Gasteiger partial charge in [-0.25, -0.2) is 9.48 Å². The van der Waals surface area contributed by atoms with Gasteiger partial charge in [0.15, 0.2) is 0 Å². The Bertz CT molecular complexity index is 1420. The molecule has 0 aliphatic carbocycles. The molecule has 0 atom stereocenters. The number of unbranched alkanes of at least 4 members (excludes halogenated alkanes) is 1. The van der Waals surface area contributed by atoms with Crippen LogP contribution in [0.25, 0.3) is 16.8 Å². The van der Waals surface area contributed by atoms with Crippen molar-refractivity contribution < 1.29 is 9.59 Å². The van der Waals surface area contributed by atoms with Crippen molar-refractivity contribution in [3.05, 3.63) is 95.2 Å². The summed E-state index contributed by atoms with van der Waals surface area (Å²) in [5.41, 5.74) is 7.33. The highest BCUT2D eigenvalue weighted by molar-refractivity contribution is 5.99. The van der Waals surface area contributed by atoms with E-state index in [1.165, 1.54) is 0 Å². The number of para-hydroxylation sites is 1. The van der Waals surface area contributed by atoms with Crippen LogP contribution in [-0.4, -0.2) is 39.7 Å². The quantitative estimate of drug-likeness (QED) is 0.247. The molecule has 0 radical (unpaired) electrons. The van der Waals surface area contributed by atoms with Crippen LogP contribution in [0.3, 0.4) is 0 Å². The lowest BCUT2D eigenvalue weighted by Crippen LogP contribution is -2.41. The van der Waals surface area contributed by atoms with Crippen LogP contribution in [0.2, 0.25) is 0 Å². The van der Waals surface area contributed by atoms with Gasteiger partial charge >= 0.3 is 6.03 Å². The predicted molar refractivity (Wildman–Crippen MR) is 159 cm³/mol. The second-order valence-electron chi connectivity index (χ2n) is 9.94. The second kappa shape index (κ2) is 12.4. The molecule has 0 bridgehead atoms. The van der Waals surface area contributed by atoms with Crippen LogP contribution in [0, 0.1) is 27.7 Å².